The highest BCUT2D eigenvalue weighted by Gasteiger charge is 2.40. The number of piperidine rings is 1. The fourth-order valence-electron chi connectivity index (χ4n) is 3.41. The standard InChI is InChI=1S/C18H27N/c1-6-15-8-10-16(11-9-15)14-19-17(2,3)12-7-13-18(19,4)5/h6,8-11H,1,7,12-14H2,2-5H3. The van der Waals surface area contributed by atoms with Crippen molar-refractivity contribution in [1.29, 1.82) is 0 Å². The number of benzene rings is 1. The Morgan fingerprint density at radius 2 is 1.58 bits per heavy atom. The first-order valence-corrected chi connectivity index (χ1v) is 7.34. The minimum Gasteiger partial charge on any atom is -0.289 e. The first-order chi connectivity index (χ1) is 8.85. The summed E-state index contributed by atoms with van der Waals surface area (Å²) in [7, 11) is 0. The van der Waals surface area contributed by atoms with Crippen LogP contribution < -0.4 is 0 Å². The van der Waals surface area contributed by atoms with E-state index in [9.17, 15) is 0 Å². The highest BCUT2D eigenvalue weighted by molar-refractivity contribution is 5.47. The van der Waals surface area contributed by atoms with Gasteiger partial charge in [-0.25, -0.2) is 0 Å². The largest absolute Gasteiger partial charge is 0.289 e. The van der Waals surface area contributed by atoms with Gasteiger partial charge in [0.15, 0.2) is 0 Å². The minimum absolute atomic E-state index is 0.291. The van der Waals surface area contributed by atoms with Crippen molar-refractivity contribution in [3.8, 4) is 0 Å². The Kier molecular flexibility index (Phi) is 3.87. The lowest BCUT2D eigenvalue weighted by molar-refractivity contribution is -0.0340. The summed E-state index contributed by atoms with van der Waals surface area (Å²) < 4.78 is 0. The van der Waals surface area contributed by atoms with Crippen LogP contribution in [0.25, 0.3) is 6.08 Å². The van der Waals surface area contributed by atoms with E-state index in [4.69, 9.17) is 0 Å². The van der Waals surface area contributed by atoms with Gasteiger partial charge in [-0.1, -0.05) is 36.9 Å². The average Bonchev–Trinajstić information content (AvgIpc) is 2.34. The van der Waals surface area contributed by atoms with Gasteiger partial charge in [0.25, 0.3) is 0 Å². The fourth-order valence-corrected chi connectivity index (χ4v) is 3.41. The Morgan fingerprint density at radius 3 is 2.05 bits per heavy atom. The van der Waals surface area contributed by atoms with Crippen LogP contribution in [0.1, 0.15) is 58.1 Å². The maximum absolute atomic E-state index is 3.81. The quantitative estimate of drug-likeness (QED) is 0.746. The van der Waals surface area contributed by atoms with Crippen molar-refractivity contribution in [3.63, 3.8) is 0 Å². The first-order valence-electron chi connectivity index (χ1n) is 7.34. The summed E-state index contributed by atoms with van der Waals surface area (Å²) in [5.74, 6) is 0. The molecule has 0 atom stereocenters. The van der Waals surface area contributed by atoms with Crippen LogP contribution in [-0.4, -0.2) is 16.0 Å². The summed E-state index contributed by atoms with van der Waals surface area (Å²) in [5, 5.41) is 0. The van der Waals surface area contributed by atoms with Gasteiger partial charge in [0.1, 0.15) is 0 Å². The number of hydrogen-bond acceptors (Lipinski definition) is 1. The third-order valence-electron chi connectivity index (χ3n) is 4.59. The van der Waals surface area contributed by atoms with E-state index in [1.54, 1.807) is 0 Å². The van der Waals surface area contributed by atoms with E-state index in [-0.39, 0.29) is 0 Å². The Labute approximate surface area is 118 Å². The van der Waals surface area contributed by atoms with Crippen molar-refractivity contribution in [2.75, 3.05) is 0 Å². The topological polar surface area (TPSA) is 3.24 Å². The van der Waals surface area contributed by atoms with Gasteiger partial charge in [0.05, 0.1) is 0 Å². The van der Waals surface area contributed by atoms with Gasteiger partial charge in [-0.05, 0) is 58.1 Å². The maximum atomic E-state index is 3.81. The average molecular weight is 257 g/mol. The van der Waals surface area contributed by atoms with Crippen LogP contribution in [0.5, 0.6) is 0 Å². The van der Waals surface area contributed by atoms with Gasteiger partial charge in [0.2, 0.25) is 0 Å². The Balaban J connectivity index is 2.20. The van der Waals surface area contributed by atoms with Crippen molar-refractivity contribution in [2.24, 2.45) is 0 Å². The molecule has 0 bridgehead atoms. The molecule has 1 aromatic rings. The molecule has 1 aliphatic rings. The van der Waals surface area contributed by atoms with Crippen LogP contribution in [-0.2, 0) is 6.54 Å². The highest BCUT2D eigenvalue weighted by Crippen LogP contribution is 2.39. The smallest absolute Gasteiger partial charge is 0.0244 e. The molecule has 0 aliphatic carbocycles. The zero-order chi connectivity index (χ0) is 14.1. The van der Waals surface area contributed by atoms with Crippen molar-refractivity contribution in [3.05, 3.63) is 42.0 Å². The molecule has 1 nitrogen and oxygen atoms in total. The molecular weight excluding hydrogens is 230 g/mol. The molecule has 1 saturated heterocycles. The molecule has 0 aromatic heterocycles. The summed E-state index contributed by atoms with van der Waals surface area (Å²) in [5.41, 5.74) is 3.17. The molecule has 104 valence electrons. The Morgan fingerprint density at radius 1 is 1.05 bits per heavy atom. The van der Waals surface area contributed by atoms with Crippen molar-refractivity contribution in [1.82, 2.24) is 4.90 Å². The monoisotopic (exact) mass is 257 g/mol. The van der Waals surface area contributed by atoms with Gasteiger partial charge in [0, 0.05) is 17.6 Å². The maximum Gasteiger partial charge on any atom is 0.0244 e. The number of rotatable bonds is 3. The lowest BCUT2D eigenvalue weighted by Gasteiger charge is -2.53. The first kappa shape index (κ1) is 14.3. The van der Waals surface area contributed by atoms with Crippen molar-refractivity contribution < 1.29 is 0 Å². The molecule has 1 heterocycles. The van der Waals surface area contributed by atoms with Crippen molar-refractivity contribution in [2.45, 2.75) is 64.6 Å². The zero-order valence-corrected chi connectivity index (χ0v) is 12.9. The Hall–Kier alpha value is -1.08. The SMILES string of the molecule is C=Cc1ccc(CN2C(C)(C)CCCC2(C)C)cc1. The molecule has 19 heavy (non-hydrogen) atoms. The molecule has 0 saturated carbocycles. The molecule has 1 aliphatic heterocycles. The second kappa shape index (κ2) is 5.13. The van der Waals surface area contributed by atoms with Gasteiger partial charge in [-0.2, -0.15) is 0 Å². The number of nitrogens with zero attached hydrogens (tertiary/aromatic N) is 1. The van der Waals surface area contributed by atoms with E-state index in [2.05, 4.69) is 63.4 Å². The van der Waals surface area contributed by atoms with E-state index >= 15 is 0 Å². The summed E-state index contributed by atoms with van der Waals surface area (Å²) in [6.07, 6.45) is 5.83. The minimum atomic E-state index is 0.291. The van der Waals surface area contributed by atoms with Crippen LogP contribution in [0, 0.1) is 0 Å². The molecule has 2 rings (SSSR count). The number of likely N-dealkylation sites (tertiary alicyclic amines) is 1. The van der Waals surface area contributed by atoms with Crippen LogP contribution in [0.15, 0.2) is 30.8 Å². The van der Waals surface area contributed by atoms with E-state index in [0.29, 0.717) is 11.1 Å². The van der Waals surface area contributed by atoms with E-state index in [1.807, 2.05) is 6.08 Å². The predicted molar refractivity (Wildman–Crippen MR) is 84.1 cm³/mol. The number of hydrogen-bond donors (Lipinski definition) is 0. The predicted octanol–water partition coefficient (Wildman–Crippen LogP) is 4.87. The highest BCUT2D eigenvalue weighted by atomic mass is 15.3. The third-order valence-corrected chi connectivity index (χ3v) is 4.59. The molecule has 0 radical (unpaired) electrons. The third kappa shape index (κ3) is 3.09. The summed E-state index contributed by atoms with van der Waals surface area (Å²) in [6.45, 7) is 14.4. The van der Waals surface area contributed by atoms with Gasteiger partial charge < -0.3 is 0 Å². The summed E-state index contributed by atoms with van der Waals surface area (Å²) in [4.78, 5) is 2.67. The van der Waals surface area contributed by atoms with Crippen LogP contribution in [0.2, 0.25) is 0 Å². The van der Waals surface area contributed by atoms with Crippen LogP contribution in [0.3, 0.4) is 0 Å². The molecule has 1 heteroatoms. The Bertz CT molecular complexity index is 423. The molecular formula is C18H27N. The van der Waals surface area contributed by atoms with E-state index in [0.717, 1.165) is 6.54 Å². The van der Waals surface area contributed by atoms with E-state index in [1.165, 1.54) is 30.4 Å². The molecule has 0 N–H and O–H groups in total. The van der Waals surface area contributed by atoms with Crippen molar-refractivity contribution >= 4 is 6.08 Å². The normalized spacial score (nSPS) is 22.1. The van der Waals surface area contributed by atoms with Gasteiger partial charge in [-0.15, -0.1) is 0 Å². The molecule has 0 spiro atoms. The zero-order valence-electron chi connectivity index (χ0n) is 12.9. The molecule has 1 aromatic carbocycles. The lowest BCUT2D eigenvalue weighted by Crippen LogP contribution is -2.57. The second-order valence-electron chi connectivity index (χ2n) is 7.01. The summed E-state index contributed by atoms with van der Waals surface area (Å²) >= 11 is 0. The van der Waals surface area contributed by atoms with E-state index < -0.39 is 0 Å². The van der Waals surface area contributed by atoms with Gasteiger partial charge >= 0.3 is 0 Å². The molecule has 1 fully saturated rings. The molecule has 0 amide bonds. The summed E-state index contributed by atoms with van der Waals surface area (Å²) in [6, 6.07) is 8.79. The second-order valence-corrected chi connectivity index (χ2v) is 7.01. The van der Waals surface area contributed by atoms with Crippen LogP contribution in [0.4, 0.5) is 0 Å². The lowest BCUT2D eigenvalue weighted by atomic mass is 9.79. The van der Waals surface area contributed by atoms with Gasteiger partial charge in [-0.3, -0.25) is 4.90 Å². The fraction of sp³-hybridized carbons (Fsp3) is 0.556. The van der Waals surface area contributed by atoms with Crippen LogP contribution >= 0.6 is 0 Å². The molecule has 0 unspecified atom stereocenters.